The van der Waals surface area contributed by atoms with Crippen LogP contribution in [0.15, 0.2) is 22.1 Å². The van der Waals surface area contributed by atoms with Gasteiger partial charge in [-0.1, -0.05) is 19.3 Å². The zero-order valence-electron chi connectivity index (χ0n) is 10.3. The van der Waals surface area contributed by atoms with Crippen LogP contribution in [0, 0.1) is 5.92 Å². The Balaban J connectivity index is 2.12. The van der Waals surface area contributed by atoms with Crippen molar-refractivity contribution in [1.82, 2.24) is 5.32 Å². The first-order valence-electron chi connectivity index (χ1n) is 6.40. The van der Waals surface area contributed by atoms with Crippen LogP contribution in [0.5, 0.6) is 0 Å². The van der Waals surface area contributed by atoms with Gasteiger partial charge in [0.2, 0.25) is 0 Å². The number of halogens is 1. The maximum Gasteiger partial charge on any atom is 0.193 e. The molecule has 94 valence electrons. The lowest BCUT2D eigenvalue weighted by molar-refractivity contribution is 0.398. The first-order chi connectivity index (χ1) is 8.29. The van der Waals surface area contributed by atoms with Crippen molar-refractivity contribution in [2.75, 3.05) is 13.6 Å². The standard InChI is InChI=1S/C14H20ClNO/c1-16-10-12(11-5-3-2-4-6-11)9-13-7-8-14(15)17-13/h7-9,11,16H,2-6,10H2,1H3. The van der Waals surface area contributed by atoms with E-state index in [-0.39, 0.29) is 0 Å². The zero-order chi connectivity index (χ0) is 12.1. The molecule has 1 fully saturated rings. The fraction of sp³-hybridized carbons (Fsp3) is 0.571. The Morgan fingerprint density at radius 3 is 2.76 bits per heavy atom. The maximum atomic E-state index is 5.80. The molecule has 1 aromatic heterocycles. The highest BCUT2D eigenvalue weighted by molar-refractivity contribution is 6.28. The Hall–Kier alpha value is -0.730. The molecule has 0 atom stereocenters. The number of hydrogen-bond acceptors (Lipinski definition) is 2. The van der Waals surface area contributed by atoms with Gasteiger partial charge in [-0.25, -0.2) is 0 Å². The Bertz CT molecular complexity index is 377. The van der Waals surface area contributed by atoms with Crippen molar-refractivity contribution in [3.8, 4) is 0 Å². The molecule has 1 saturated carbocycles. The van der Waals surface area contributed by atoms with Gasteiger partial charge >= 0.3 is 0 Å². The maximum absolute atomic E-state index is 5.80. The van der Waals surface area contributed by atoms with Gasteiger partial charge < -0.3 is 9.73 Å². The van der Waals surface area contributed by atoms with E-state index in [0.29, 0.717) is 11.1 Å². The molecule has 1 aromatic rings. The molecule has 0 unspecified atom stereocenters. The quantitative estimate of drug-likeness (QED) is 0.873. The van der Waals surface area contributed by atoms with E-state index in [9.17, 15) is 0 Å². The van der Waals surface area contributed by atoms with E-state index in [0.717, 1.165) is 12.3 Å². The molecule has 2 nitrogen and oxygen atoms in total. The van der Waals surface area contributed by atoms with Crippen molar-refractivity contribution in [2.45, 2.75) is 32.1 Å². The molecular weight excluding hydrogens is 234 g/mol. The van der Waals surface area contributed by atoms with Crippen LogP contribution in [0.1, 0.15) is 37.9 Å². The normalized spacial score (nSPS) is 18.6. The predicted octanol–water partition coefficient (Wildman–Crippen LogP) is 4.12. The van der Waals surface area contributed by atoms with Crippen molar-refractivity contribution < 1.29 is 4.42 Å². The van der Waals surface area contributed by atoms with E-state index in [1.165, 1.54) is 37.7 Å². The molecule has 2 rings (SSSR count). The van der Waals surface area contributed by atoms with E-state index < -0.39 is 0 Å². The molecule has 1 aliphatic carbocycles. The number of furan rings is 1. The molecule has 0 amide bonds. The summed E-state index contributed by atoms with van der Waals surface area (Å²) >= 11 is 5.80. The Morgan fingerprint density at radius 2 is 2.18 bits per heavy atom. The van der Waals surface area contributed by atoms with Gasteiger partial charge in [-0.2, -0.15) is 0 Å². The third kappa shape index (κ3) is 3.62. The van der Waals surface area contributed by atoms with Gasteiger partial charge in [0.25, 0.3) is 0 Å². The fourth-order valence-corrected chi connectivity index (χ4v) is 2.73. The van der Waals surface area contributed by atoms with Crippen LogP contribution in [0.2, 0.25) is 5.22 Å². The molecule has 0 radical (unpaired) electrons. The highest BCUT2D eigenvalue weighted by Crippen LogP contribution is 2.31. The molecule has 0 aliphatic heterocycles. The first kappa shape index (κ1) is 12.7. The van der Waals surface area contributed by atoms with Crippen LogP contribution in [0.3, 0.4) is 0 Å². The number of nitrogens with one attached hydrogen (secondary N) is 1. The molecule has 0 spiro atoms. The third-order valence-electron chi connectivity index (χ3n) is 3.43. The minimum Gasteiger partial charge on any atom is -0.445 e. The van der Waals surface area contributed by atoms with E-state index in [1.807, 2.05) is 13.1 Å². The van der Waals surface area contributed by atoms with Crippen molar-refractivity contribution in [1.29, 1.82) is 0 Å². The van der Waals surface area contributed by atoms with Gasteiger partial charge in [0.15, 0.2) is 5.22 Å². The molecular formula is C14H20ClNO. The largest absolute Gasteiger partial charge is 0.445 e. The minimum atomic E-state index is 0.462. The molecule has 1 aliphatic rings. The highest BCUT2D eigenvalue weighted by Gasteiger charge is 2.17. The highest BCUT2D eigenvalue weighted by atomic mass is 35.5. The number of likely N-dealkylation sites (N-methyl/N-ethyl adjacent to an activating group) is 1. The summed E-state index contributed by atoms with van der Waals surface area (Å²) in [6.07, 6.45) is 8.85. The van der Waals surface area contributed by atoms with Crippen LogP contribution >= 0.6 is 11.6 Å². The van der Waals surface area contributed by atoms with Gasteiger partial charge in [-0.3, -0.25) is 0 Å². The van der Waals surface area contributed by atoms with Crippen molar-refractivity contribution in [3.05, 3.63) is 28.7 Å². The summed E-state index contributed by atoms with van der Waals surface area (Å²) in [5, 5.41) is 3.71. The third-order valence-corrected chi connectivity index (χ3v) is 3.64. The molecule has 3 heteroatoms. The summed E-state index contributed by atoms with van der Waals surface area (Å²) in [5.41, 5.74) is 1.44. The Morgan fingerprint density at radius 1 is 1.41 bits per heavy atom. The lowest BCUT2D eigenvalue weighted by atomic mass is 9.83. The first-order valence-corrected chi connectivity index (χ1v) is 6.78. The second-order valence-corrected chi connectivity index (χ2v) is 5.10. The van der Waals surface area contributed by atoms with E-state index in [1.54, 1.807) is 6.07 Å². The Kier molecular flexibility index (Phi) is 4.69. The molecule has 17 heavy (non-hydrogen) atoms. The monoisotopic (exact) mass is 253 g/mol. The van der Waals surface area contributed by atoms with Gasteiger partial charge in [0, 0.05) is 6.54 Å². The molecule has 0 aromatic carbocycles. The molecule has 1 N–H and O–H groups in total. The summed E-state index contributed by atoms with van der Waals surface area (Å²) in [4.78, 5) is 0. The van der Waals surface area contributed by atoms with E-state index in [4.69, 9.17) is 16.0 Å². The SMILES string of the molecule is CNCC(=Cc1ccc(Cl)o1)C1CCCCC1. The summed E-state index contributed by atoms with van der Waals surface area (Å²) in [5.74, 6) is 1.57. The second kappa shape index (κ2) is 6.27. The lowest BCUT2D eigenvalue weighted by Crippen LogP contribution is -2.19. The van der Waals surface area contributed by atoms with E-state index >= 15 is 0 Å². The van der Waals surface area contributed by atoms with Crippen LogP contribution in [0.4, 0.5) is 0 Å². The predicted molar refractivity (Wildman–Crippen MR) is 72.2 cm³/mol. The molecule has 1 heterocycles. The number of hydrogen-bond donors (Lipinski definition) is 1. The summed E-state index contributed by atoms with van der Waals surface area (Å²) in [7, 11) is 1.99. The topological polar surface area (TPSA) is 25.2 Å². The smallest absolute Gasteiger partial charge is 0.193 e. The van der Waals surface area contributed by atoms with Crippen LogP contribution in [-0.2, 0) is 0 Å². The zero-order valence-corrected chi connectivity index (χ0v) is 11.1. The lowest BCUT2D eigenvalue weighted by Gasteiger charge is -2.24. The molecule has 0 bridgehead atoms. The average molecular weight is 254 g/mol. The number of rotatable bonds is 4. The minimum absolute atomic E-state index is 0.462. The van der Waals surface area contributed by atoms with Gasteiger partial charge in [-0.05, 0) is 61.2 Å². The second-order valence-electron chi connectivity index (χ2n) is 4.73. The van der Waals surface area contributed by atoms with Crippen LogP contribution < -0.4 is 5.32 Å². The summed E-state index contributed by atoms with van der Waals surface area (Å²) in [6, 6.07) is 3.73. The molecule has 0 saturated heterocycles. The van der Waals surface area contributed by atoms with Crippen molar-refractivity contribution in [3.63, 3.8) is 0 Å². The summed E-state index contributed by atoms with van der Waals surface area (Å²) < 4.78 is 5.41. The van der Waals surface area contributed by atoms with Gasteiger partial charge in [0.05, 0.1) is 0 Å². The van der Waals surface area contributed by atoms with Crippen molar-refractivity contribution in [2.24, 2.45) is 5.92 Å². The average Bonchev–Trinajstić information content (AvgIpc) is 2.75. The fourth-order valence-electron chi connectivity index (χ4n) is 2.58. The van der Waals surface area contributed by atoms with Crippen LogP contribution in [-0.4, -0.2) is 13.6 Å². The van der Waals surface area contributed by atoms with Crippen molar-refractivity contribution >= 4 is 17.7 Å². The Labute approximate surface area is 108 Å². The van der Waals surface area contributed by atoms with E-state index in [2.05, 4.69) is 11.4 Å². The van der Waals surface area contributed by atoms with Gasteiger partial charge in [0.1, 0.15) is 5.76 Å². The van der Waals surface area contributed by atoms with Crippen LogP contribution in [0.25, 0.3) is 6.08 Å². The van der Waals surface area contributed by atoms with Gasteiger partial charge in [-0.15, -0.1) is 0 Å². The summed E-state index contributed by atoms with van der Waals surface area (Å²) in [6.45, 7) is 0.934.